The number of nitrogens with zero attached hydrogens (tertiary/aromatic N) is 4. The molecule has 0 aliphatic heterocycles. The summed E-state index contributed by atoms with van der Waals surface area (Å²) in [6.07, 6.45) is 5.35. The first kappa shape index (κ1) is 42.7. The molecule has 6 rings (SSSR count). The third-order valence-electron chi connectivity index (χ3n) is 10.5. The molecule has 4 aromatic carbocycles. The zero-order valence-corrected chi connectivity index (χ0v) is 34.0. The predicted molar refractivity (Wildman–Crippen MR) is 227 cm³/mol. The highest BCUT2D eigenvalue weighted by Gasteiger charge is 2.23. The fourth-order valence-corrected chi connectivity index (χ4v) is 7.24. The molecule has 0 radical (unpaired) electrons. The van der Waals surface area contributed by atoms with Crippen molar-refractivity contribution in [1.29, 1.82) is 0 Å². The summed E-state index contributed by atoms with van der Waals surface area (Å²) < 4.78 is 33.5. The van der Waals surface area contributed by atoms with Gasteiger partial charge < -0.3 is 0 Å². The third-order valence-corrected chi connectivity index (χ3v) is 10.5. The van der Waals surface area contributed by atoms with Gasteiger partial charge in [0.05, 0.1) is 33.2 Å². The normalized spacial score (nSPS) is 12.2. The summed E-state index contributed by atoms with van der Waals surface area (Å²) in [6, 6.07) is 14.5. The summed E-state index contributed by atoms with van der Waals surface area (Å²) in [4.78, 5) is 61.6. The van der Waals surface area contributed by atoms with Crippen LogP contribution in [0, 0.1) is 39.3 Å². The van der Waals surface area contributed by atoms with Gasteiger partial charge in [-0.15, -0.1) is 0 Å². The molecule has 0 aliphatic carbocycles. The zero-order chi connectivity index (χ0) is 43.6. The Morgan fingerprint density at radius 1 is 0.767 bits per heavy atom. The van der Waals surface area contributed by atoms with Crippen LogP contribution < -0.4 is 22.1 Å². The van der Waals surface area contributed by atoms with Crippen LogP contribution in [0.5, 0.6) is 0 Å². The number of benzene rings is 4. The fourth-order valence-electron chi connectivity index (χ4n) is 7.24. The van der Waals surface area contributed by atoms with Crippen molar-refractivity contribution in [2.45, 2.75) is 66.7 Å². The van der Waals surface area contributed by atoms with E-state index >= 15 is 8.78 Å². The number of rotatable bonds is 12. The van der Waals surface area contributed by atoms with Crippen LogP contribution in [0.3, 0.4) is 0 Å². The first-order valence-corrected chi connectivity index (χ1v) is 19.2. The lowest BCUT2D eigenvalue weighted by Gasteiger charge is -2.22. The second kappa shape index (κ2) is 17.5. The molecule has 0 spiro atoms. The number of halogens is 2. The van der Waals surface area contributed by atoms with Gasteiger partial charge in [-0.3, -0.25) is 38.7 Å². The first-order chi connectivity index (χ1) is 28.5. The molecule has 4 N–H and O–H groups in total. The minimum absolute atomic E-state index is 0.0416. The molecule has 1 unspecified atom stereocenters. The van der Waals surface area contributed by atoms with Gasteiger partial charge in [0.1, 0.15) is 23.3 Å². The van der Waals surface area contributed by atoms with E-state index in [0.717, 1.165) is 64.3 Å². The molecular weight excluding hydrogens is 771 g/mol. The Kier molecular flexibility index (Phi) is 12.5. The molecule has 2 amide bonds. The number of aromatic nitrogens is 4. The van der Waals surface area contributed by atoms with E-state index in [0.29, 0.717) is 47.9 Å². The Balaban J connectivity index is 1.43. The van der Waals surface area contributed by atoms with E-state index in [1.807, 2.05) is 71.9 Å². The molecule has 0 aliphatic rings. The van der Waals surface area contributed by atoms with Crippen LogP contribution in [-0.2, 0) is 22.4 Å². The number of aryl methyl sites for hydroxylation is 6. The van der Waals surface area contributed by atoms with Crippen LogP contribution in [-0.4, -0.2) is 41.3 Å². The lowest BCUT2D eigenvalue weighted by Crippen LogP contribution is -2.26. The molecule has 14 heteroatoms. The average Bonchev–Trinajstić information content (AvgIpc) is 3.21. The highest BCUT2D eigenvalue weighted by atomic mass is 19.1. The fraction of sp³-hybridized carbons (Fsp3) is 0.217. The van der Waals surface area contributed by atoms with E-state index in [9.17, 15) is 19.2 Å². The van der Waals surface area contributed by atoms with Gasteiger partial charge in [0, 0.05) is 47.8 Å². The largest absolute Gasteiger partial charge is 0.288 e. The molecule has 12 nitrogen and oxygen atoms in total. The number of fused-ring (bicyclic) bond motifs is 2. The minimum atomic E-state index is -0.866. The SMILES string of the molecule is C=C(CCc1cc(C)c(C)cc1-n1c(CC)nc2cc(F)c(/C=C/C(=O)NO)cc2c1=O)C(C)c1nc2cc(F)c(/C=C/C(=O)NO)cc2c(=O)n1-c1cc(C)cc(C)c1. The van der Waals surface area contributed by atoms with E-state index < -0.39 is 40.5 Å². The molecule has 308 valence electrons. The average molecular weight is 815 g/mol. The van der Waals surface area contributed by atoms with Crippen molar-refractivity contribution in [3.63, 3.8) is 0 Å². The lowest BCUT2D eigenvalue weighted by atomic mass is 9.92. The predicted octanol–water partition coefficient (Wildman–Crippen LogP) is 7.49. The van der Waals surface area contributed by atoms with Crippen molar-refractivity contribution in [3.05, 3.63) is 162 Å². The summed E-state index contributed by atoms with van der Waals surface area (Å²) in [7, 11) is 0. The number of hydrogen-bond acceptors (Lipinski definition) is 8. The third kappa shape index (κ3) is 8.60. The van der Waals surface area contributed by atoms with Gasteiger partial charge in [-0.05, 0) is 111 Å². The number of allylic oxidation sites excluding steroid dienone is 1. The number of carbonyl (C=O) groups is 2. The molecule has 0 saturated carbocycles. The van der Waals surface area contributed by atoms with Crippen LogP contribution in [0.15, 0.2) is 88.5 Å². The molecule has 6 aromatic rings. The molecule has 60 heavy (non-hydrogen) atoms. The number of hydroxylamine groups is 2. The highest BCUT2D eigenvalue weighted by Crippen LogP contribution is 2.31. The molecule has 2 aromatic heterocycles. The van der Waals surface area contributed by atoms with Gasteiger partial charge in [0.25, 0.3) is 22.9 Å². The molecular formula is C46H44F2N6O6. The van der Waals surface area contributed by atoms with E-state index in [2.05, 4.69) is 11.6 Å². The topological polar surface area (TPSA) is 168 Å². The summed E-state index contributed by atoms with van der Waals surface area (Å²) in [5.41, 5.74) is 8.58. The first-order valence-electron chi connectivity index (χ1n) is 19.2. The van der Waals surface area contributed by atoms with Gasteiger partial charge >= 0.3 is 0 Å². The van der Waals surface area contributed by atoms with Gasteiger partial charge in [0.2, 0.25) is 0 Å². The number of hydrogen-bond donors (Lipinski definition) is 4. The van der Waals surface area contributed by atoms with Crippen LogP contribution >= 0.6 is 0 Å². The quantitative estimate of drug-likeness (QED) is 0.0427. The molecule has 2 heterocycles. The summed E-state index contributed by atoms with van der Waals surface area (Å²) in [5.74, 6) is -2.94. The number of amides is 2. The minimum Gasteiger partial charge on any atom is -0.288 e. The van der Waals surface area contributed by atoms with Gasteiger partial charge in [-0.1, -0.05) is 38.1 Å². The Bertz CT molecular complexity index is 2910. The van der Waals surface area contributed by atoms with Crippen molar-refractivity contribution >= 4 is 45.8 Å². The van der Waals surface area contributed by atoms with Crippen LogP contribution in [0.25, 0.3) is 45.3 Å². The van der Waals surface area contributed by atoms with E-state index in [4.69, 9.17) is 15.4 Å². The zero-order valence-electron chi connectivity index (χ0n) is 34.0. The van der Waals surface area contributed by atoms with Crippen molar-refractivity contribution in [1.82, 2.24) is 30.1 Å². The van der Waals surface area contributed by atoms with Crippen LogP contribution in [0.1, 0.15) is 76.8 Å². The maximum absolute atomic E-state index is 15.4. The van der Waals surface area contributed by atoms with Crippen molar-refractivity contribution in [3.8, 4) is 11.4 Å². The number of carbonyl (C=O) groups excluding carboxylic acids is 2. The summed E-state index contributed by atoms with van der Waals surface area (Å²) in [5, 5.41) is 18.0. The molecule has 1 atom stereocenters. The van der Waals surface area contributed by atoms with Crippen LogP contribution in [0.2, 0.25) is 0 Å². The highest BCUT2D eigenvalue weighted by molar-refractivity contribution is 5.92. The van der Waals surface area contributed by atoms with E-state index in [-0.39, 0.29) is 32.9 Å². The molecule has 0 fully saturated rings. The number of nitrogens with one attached hydrogen (secondary N) is 2. The van der Waals surface area contributed by atoms with E-state index in [1.54, 1.807) is 0 Å². The Morgan fingerprint density at radius 2 is 1.28 bits per heavy atom. The Labute approximate surface area is 343 Å². The van der Waals surface area contributed by atoms with E-state index in [1.165, 1.54) is 32.2 Å². The van der Waals surface area contributed by atoms with Gasteiger partial charge in [-0.2, -0.15) is 0 Å². The second-order valence-electron chi connectivity index (χ2n) is 14.8. The van der Waals surface area contributed by atoms with Gasteiger partial charge in [-0.25, -0.2) is 29.7 Å². The summed E-state index contributed by atoms with van der Waals surface area (Å²) >= 11 is 0. The van der Waals surface area contributed by atoms with Crippen LogP contribution in [0.4, 0.5) is 8.78 Å². The molecule has 0 saturated heterocycles. The Morgan fingerprint density at radius 3 is 1.82 bits per heavy atom. The van der Waals surface area contributed by atoms with Crippen molar-refractivity contribution in [2.75, 3.05) is 0 Å². The lowest BCUT2D eigenvalue weighted by molar-refractivity contribution is -0.124. The summed E-state index contributed by atoms with van der Waals surface area (Å²) in [6.45, 7) is 15.9. The maximum Gasteiger partial charge on any atom is 0.267 e. The smallest absolute Gasteiger partial charge is 0.267 e. The second-order valence-corrected chi connectivity index (χ2v) is 14.8. The van der Waals surface area contributed by atoms with Crippen molar-refractivity contribution < 1.29 is 28.8 Å². The molecule has 0 bridgehead atoms. The Hall–Kier alpha value is -6.90. The monoisotopic (exact) mass is 814 g/mol. The maximum atomic E-state index is 15.4. The van der Waals surface area contributed by atoms with Crippen molar-refractivity contribution in [2.24, 2.45) is 0 Å². The standard InChI is InChI=1S/C46H44F2N6O6/c1-8-41-49-38-22-36(47)30(11-13-42(55)51-59)20-34(38)46(58)54(41)40-19-28(6)27(5)18-32(40)10-9-26(4)29(7)44-50-39-23-37(48)31(12-14-43(56)52-60)21-35(39)45(57)53(44)33-16-24(2)15-25(3)17-33/h11-23,29,59-60H,4,8-10H2,1-3,5-7H3,(H,51,55)(H,52,56)/b13-11+,14-12+. The van der Waals surface area contributed by atoms with Gasteiger partial charge in [0.15, 0.2) is 0 Å².